The van der Waals surface area contributed by atoms with Gasteiger partial charge in [-0.25, -0.2) is 4.79 Å². The van der Waals surface area contributed by atoms with E-state index in [-0.39, 0.29) is 12.5 Å². The minimum atomic E-state index is -0.527. The highest BCUT2D eigenvalue weighted by Crippen LogP contribution is 2.16. The SMILES string of the molecule is Cc1cccc(OCC(=O)Nc2ccc3oc(=O)[nH]c3c2)c1. The fourth-order valence-electron chi connectivity index (χ4n) is 2.08. The molecule has 3 aromatic rings. The van der Waals surface area contributed by atoms with Crippen molar-refractivity contribution >= 4 is 22.7 Å². The number of hydrogen-bond acceptors (Lipinski definition) is 4. The Kier molecular flexibility index (Phi) is 3.65. The largest absolute Gasteiger partial charge is 0.484 e. The maximum atomic E-state index is 11.9. The summed E-state index contributed by atoms with van der Waals surface area (Å²) >= 11 is 0. The van der Waals surface area contributed by atoms with E-state index in [9.17, 15) is 9.59 Å². The molecule has 0 unspecified atom stereocenters. The maximum absolute atomic E-state index is 11.9. The van der Waals surface area contributed by atoms with Crippen LogP contribution in [-0.2, 0) is 4.79 Å². The Morgan fingerprint density at radius 3 is 2.95 bits per heavy atom. The number of anilines is 1. The van der Waals surface area contributed by atoms with Crippen molar-refractivity contribution in [3.63, 3.8) is 0 Å². The lowest BCUT2D eigenvalue weighted by atomic mass is 10.2. The van der Waals surface area contributed by atoms with Gasteiger partial charge in [-0.15, -0.1) is 0 Å². The van der Waals surface area contributed by atoms with Crippen LogP contribution in [0.2, 0.25) is 0 Å². The Morgan fingerprint density at radius 2 is 2.14 bits per heavy atom. The molecule has 0 bridgehead atoms. The Bertz CT molecular complexity index is 879. The highest BCUT2D eigenvalue weighted by Gasteiger charge is 2.06. The first-order chi connectivity index (χ1) is 10.6. The normalized spacial score (nSPS) is 10.6. The molecular weight excluding hydrogens is 284 g/mol. The second-order valence-corrected chi connectivity index (χ2v) is 4.88. The van der Waals surface area contributed by atoms with E-state index in [0.29, 0.717) is 22.5 Å². The monoisotopic (exact) mass is 298 g/mol. The molecule has 22 heavy (non-hydrogen) atoms. The van der Waals surface area contributed by atoms with Crippen molar-refractivity contribution in [2.45, 2.75) is 6.92 Å². The number of amides is 1. The topological polar surface area (TPSA) is 84.3 Å². The molecule has 6 nitrogen and oxygen atoms in total. The Hall–Kier alpha value is -3.02. The number of benzene rings is 2. The van der Waals surface area contributed by atoms with Crippen LogP contribution in [0.15, 0.2) is 51.7 Å². The van der Waals surface area contributed by atoms with Crippen molar-refractivity contribution in [2.24, 2.45) is 0 Å². The zero-order valence-electron chi connectivity index (χ0n) is 11.9. The fourth-order valence-corrected chi connectivity index (χ4v) is 2.08. The van der Waals surface area contributed by atoms with E-state index in [1.807, 2.05) is 25.1 Å². The minimum absolute atomic E-state index is 0.0939. The summed E-state index contributed by atoms with van der Waals surface area (Å²) in [7, 11) is 0. The molecule has 0 aliphatic carbocycles. The van der Waals surface area contributed by atoms with E-state index < -0.39 is 5.76 Å². The predicted molar refractivity (Wildman–Crippen MR) is 82.1 cm³/mol. The van der Waals surface area contributed by atoms with Crippen LogP contribution in [0.25, 0.3) is 11.1 Å². The molecule has 1 aromatic heterocycles. The molecule has 0 aliphatic heterocycles. The summed E-state index contributed by atoms with van der Waals surface area (Å²) in [6.07, 6.45) is 0. The van der Waals surface area contributed by atoms with Crippen molar-refractivity contribution in [1.82, 2.24) is 4.98 Å². The number of ether oxygens (including phenoxy) is 1. The highest BCUT2D eigenvalue weighted by atomic mass is 16.5. The number of carbonyl (C=O) groups excluding carboxylic acids is 1. The quantitative estimate of drug-likeness (QED) is 0.775. The number of H-pyrrole nitrogens is 1. The number of rotatable bonds is 4. The van der Waals surface area contributed by atoms with Gasteiger partial charge in [0.1, 0.15) is 5.75 Å². The first-order valence-electron chi connectivity index (χ1n) is 6.72. The number of aryl methyl sites for hydroxylation is 1. The summed E-state index contributed by atoms with van der Waals surface area (Å²) in [5.74, 6) is -0.169. The van der Waals surface area contributed by atoms with E-state index in [0.717, 1.165) is 5.56 Å². The molecule has 1 heterocycles. The third-order valence-corrected chi connectivity index (χ3v) is 3.06. The summed E-state index contributed by atoms with van der Waals surface area (Å²) in [5.41, 5.74) is 2.59. The van der Waals surface area contributed by atoms with Gasteiger partial charge >= 0.3 is 5.76 Å². The Labute approximate surface area is 125 Å². The van der Waals surface area contributed by atoms with Crippen LogP contribution in [0.1, 0.15) is 5.56 Å². The number of carbonyl (C=O) groups is 1. The average molecular weight is 298 g/mol. The number of fused-ring (bicyclic) bond motifs is 1. The molecular formula is C16H14N2O4. The summed E-state index contributed by atoms with van der Waals surface area (Å²) in [4.78, 5) is 25.5. The molecule has 2 N–H and O–H groups in total. The zero-order chi connectivity index (χ0) is 15.5. The van der Waals surface area contributed by atoms with Crippen molar-refractivity contribution in [3.05, 3.63) is 58.6 Å². The molecule has 6 heteroatoms. The third kappa shape index (κ3) is 3.17. The first-order valence-corrected chi connectivity index (χ1v) is 6.72. The van der Waals surface area contributed by atoms with Crippen LogP contribution in [0.3, 0.4) is 0 Å². The lowest BCUT2D eigenvalue weighted by Gasteiger charge is -2.08. The van der Waals surface area contributed by atoms with Gasteiger partial charge < -0.3 is 14.5 Å². The Balaban J connectivity index is 1.64. The maximum Gasteiger partial charge on any atom is 0.417 e. The summed E-state index contributed by atoms with van der Waals surface area (Å²) in [5, 5.41) is 2.70. The molecule has 1 amide bonds. The highest BCUT2D eigenvalue weighted by molar-refractivity contribution is 5.93. The molecule has 0 saturated carbocycles. The molecule has 0 fully saturated rings. The first kappa shape index (κ1) is 13.9. The second-order valence-electron chi connectivity index (χ2n) is 4.88. The smallest absolute Gasteiger partial charge is 0.417 e. The number of oxazole rings is 1. The standard InChI is InChI=1S/C16H14N2O4/c1-10-3-2-4-12(7-10)21-9-15(19)17-11-5-6-14-13(8-11)18-16(20)22-14/h2-8H,9H2,1H3,(H,17,19)(H,18,20). The molecule has 0 radical (unpaired) electrons. The van der Waals surface area contributed by atoms with Crippen molar-refractivity contribution in [2.75, 3.05) is 11.9 Å². The molecule has 2 aromatic carbocycles. The molecule has 0 aliphatic rings. The molecule has 3 rings (SSSR count). The third-order valence-electron chi connectivity index (χ3n) is 3.06. The van der Waals surface area contributed by atoms with Crippen molar-refractivity contribution < 1.29 is 13.9 Å². The summed E-state index contributed by atoms with van der Waals surface area (Å²) in [6.45, 7) is 1.86. The van der Waals surface area contributed by atoms with Crippen LogP contribution < -0.4 is 15.8 Å². The molecule has 0 atom stereocenters. The zero-order valence-corrected chi connectivity index (χ0v) is 11.9. The number of nitrogens with one attached hydrogen (secondary N) is 2. The average Bonchev–Trinajstić information content (AvgIpc) is 2.84. The van der Waals surface area contributed by atoms with Crippen molar-refractivity contribution in [3.8, 4) is 5.75 Å². The summed E-state index contributed by atoms with van der Waals surface area (Å²) in [6, 6.07) is 12.4. The number of aromatic amines is 1. The number of aromatic nitrogens is 1. The van der Waals surface area contributed by atoms with E-state index in [4.69, 9.17) is 9.15 Å². The predicted octanol–water partition coefficient (Wildman–Crippen LogP) is 2.45. The number of hydrogen-bond donors (Lipinski definition) is 2. The van der Waals surface area contributed by atoms with Gasteiger partial charge in [-0.2, -0.15) is 0 Å². The van der Waals surface area contributed by atoms with E-state index in [1.54, 1.807) is 24.3 Å². The lowest BCUT2D eigenvalue weighted by molar-refractivity contribution is -0.118. The molecule has 0 spiro atoms. The van der Waals surface area contributed by atoms with Crippen LogP contribution in [0.5, 0.6) is 5.75 Å². The van der Waals surface area contributed by atoms with Crippen LogP contribution in [-0.4, -0.2) is 17.5 Å². The van der Waals surface area contributed by atoms with Gasteiger partial charge in [-0.3, -0.25) is 9.78 Å². The van der Waals surface area contributed by atoms with Gasteiger partial charge in [0.25, 0.3) is 5.91 Å². The van der Waals surface area contributed by atoms with Crippen LogP contribution in [0.4, 0.5) is 5.69 Å². The molecule has 112 valence electrons. The Morgan fingerprint density at radius 1 is 1.27 bits per heavy atom. The van der Waals surface area contributed by atoms with Gasteiger partial charge in [0.05, 0.1) is 5.52 Å². The van der Waals surface area contributed by atoms with Gasteiger partial charge in [-0.05, 0) is 42.8 Å². The summed E-state index contributed by atoms with van der Waals surface area (Å²) < 4.78 is 10.3. The van der Waals surface area contributed by atoms with Gasteiger partial charge in [0.2, 0.25) is 0 Å². The minimum Gasteiger partial charge on any atom is -0.484 e. The second kappa shape index (κ2) is 5.77. The van der Waals surface area contributed by atoms with Crippen LogP contribution >= 0.6 is 0 Å². The van der Waals surface area contributed by atoms with E-state index in [1.165, 1.54) is 0 Å². The van der Waals surface area contributed by atoms with Gasteiger partial charge in [0.15, 0.2) is 12.2 Å². The fraction of sp³-hybridized carbons (Fsp3) is 0.125. The van der Waals surface area contributed by atoms with Crippen LogP contribution in [0, 0.1) is 6.92 Å². The van der Waals surface area contributed by atoms with E-state index >= 15 is 0 Å². The van der Waals surface area contributed by atoms with Gasteiger partial charge in [0, 0.05) is 5.69 Å². The van der Waals surface area contributed by atoms with E-state index in [2.05, 4.69) is 10.3 Å². The van der Waals surface area contributed by atoms with Gasteiger partial charge in [-0.1, -0.05) is 12.1 Å². The van der Waals surface area contributed by atoms with Crippen molar-refractivity contribution in [1.29, 1.82) is 0 Å². The lowest BCUT2D eigenvalue weighted by Crippen LogP contribution is -2.20. The molecule has 0 saturated heterocycles.